The van der Waals surface area contributed by atoms with Crippen LogP contribution in [-0.4, -0.2) is 38.1 Å². The molecule has 0 saturated carbocycles. The lowest BCUT2D eigenvalue weighted by atomic mass is 9.91. The van der Waals surface area contributed by atoms with Gasteiger partial charge in [-0.2, -0.15) is 0 Å². The van der Waals surface area contributed by atoms with Crippen LogP contribution < -0.4 is 10.6 Å². The second-order valence-electron chi connectivity index (χ2n) is 8.24. The molecule has 5 rings (SSSR count). The van der Waals surface area contributed by atoms with Crippen LogP contribution in [0.2, 0.25) is 10.0 Å². The highest BCUT2D eigenvalue weighted by Gasteiger charge is 2.29. The van der Waals surface area contributed by atoms with Crippen molar-refractivity contribution in [2.75, 3.05) is 18.0 Å². The number of halogens is 2. The van der Waals surface area contributed by atoms with Crippen molar-refractivity contribution >= 4 is 40.2 Å². The molecule has 0 atom stereocenters. The van der Waals surface area contributed by atoms with E-state index in [0.717, 1.165) is 54.2 Å². The first-order chi connectivity index (χ1) is 14.9. The number of imidazole rings is 1. The number of piperidine rings is 1. The van der Waals surface area contributed by atoms with E-state index in [4.69, 9.17) is 33.9 Å². The highest BCUT2D eigenvalue weighted by atomic mass is 35.5. The molecule has 158 valence electrons. The first-order valence-electron chi connectivity index (χ1n) is 10.2. The number of anilines is 1. The van der Waals surface area contributed by atoms with Crippen molar-refractivity contribution in [2.24, 2.45) is 5.73 Å². The first-order valence-corrected chi connectivity index (χ1v) is 11.0. The van der Waals surface area contributed by atoms with Crippen molar-refractivity contribution in [3.8, 4) is 17.1 Å². The summed E-state index contributed by atoms with van der Waals surface area (Å²) in [5.41, 5.74) is 9.39. The zero-order chi connectivity index (χ0) is 21.6. The zero-order valence-corrected chi connectivity index (χ0v) is 18.6. The zero-order valence-electron chi connectivity index (χ0n) is 17.1. The minimum absolute atomic E-state index is 0.145. The molecule has 2 N–H and O–H groups in total. The summed E-state index contributed by atoms with van der Waals surface area (Å²) in [6.45, 7) is 3.76. The van der Waals surface area contributed by atoms with E-state index in [1.807, 2.05) is 53.1 Å². The van der Waals surface area contributed by atoms with Crippen LogP contribution >= 0.6 is 23.2 Å². The summed E-state index contributed by atoms with van der Waals surface area (Å²) in [6.07, 6.45) is 3.39. The smallest absolute Gasteiger partial charge is 0.170 e. The highest BCUT2D eigenvalue weighted by Crippen LogP contribution is 2.35. The van der Waals surface area contributed by atoms with E-state index in [0.29, 0.717) is 15.9 Å². The average molecular weight is 453 g/mol. The number of benzene rings is 2. The van der Waals surface area contributed by atoms with Gasteiger partial charge in [0.2, 0.25) is 0 Å². The molecule has 31 heavy (non-hydrogen) atoms. The van der Waals surface area contributed by atoms with Crippen LogP contribution in [0, 0.1) is 0 Å². The Morgan fingerprint density at radius 3 is 2.39 bits per heavy atom. The van der Waals surface area contributed by atoms with Crippen molar-refractivity contribution in [1.29, 1.82) is 0 Å². The SMILES string of the molecule is CC1(N)CCN(c2ncnc3c2nc(-c2ccccc2Cl)n3-c2ccc(Cl)cc2)CC1. The van der Waals surface area contributed by atoms with Gasteiger partial charge in [-0.05, 0) is 56.2 Å². The van der Waals surface area contributed by atoms with Crippen LogP contribution in [0.1, 0.15) is 19.8 Å². The Labute approximate surface area is 190 Å². The molecule has 1 aliphatic heterocycles. The van der Waals surface area contributed by atoms with Crippen molar-refractivity contribution in [3.63, 3.8) is 0 Å². The molecule has 0 amide bonds. The van der Waals surface area contributed by atoms with E-state index in [-0.39, 0.29) is 5.54 Å². The van der Waals surface area contributed by atoms with Gasteiger partial charge in [0, 0.05) is 34.9 Å². The van der Waals surface area contributed by atoms with Crippen molar-refractivity contribution in [1.82, 2.24) is 19.5 Å². The highest BCUT2D eigenvalue weighted by molar-refractivity contribution is 6.33. The predicted molar refractivity (Wildman–Crippen MR) is 126 cm³/mol. The lowest BCUT2D eigenvalue weighted by molar-refractivity contribution is 0.363. The summed E-state index contributed by atoms with van der Waals surface area (Å²) in [5, 5.41) is 1.29. The summed E-state index contributed by atoms with van der Waals surface area (Å²) in [6, 6.07) is 15.3. The number of rotatable bonds is 3. The summed E-state index contributed by atoms with van der Waals surface area (Å²) in [4.78, 5) is 16.4. The molecule has 0 radical (unpaired) electrons. The van der Waals surface area contributed by atoms with Gasteiger partial charge in [-0.3, -0.25) is 4.57 Å². The maximum absolute atomic E-state index is 6.56. The second-order valence-corrected chi connectivity index (χ2v) is 9.08. The molecule has 2 aromatic carbocycles. The number of nitrogens with two attached hydrogens (primary N) is 1. The van der Waals surface area contributed by atoms with E-state index in [1.54, 1.807) is 6.33 Å². The van der Waals surface area contributed by atoms with Gasteiger partial charge in [0.25, 0.3) is 0 Å². The Morgan fingerprint density at radius 2 is 1.68 bits per heavy atom. The standard InChI is InChI=1S/C23H22Cl2N6/c1-23(26)10-12-30(13-11-23)21-19-22(28-14-27-21)31(16-8-6-15(24)7-9-16)20(29-19)17-4-2-3-5-18(17)25/h2-9,14H,10-13,26H2,1H3. The Bertz CT molecular complexity index is 1240. The third kappa shape index (κ3) is 3.76. The summed E-state index contributed by atoms with van der Waals surface area (Å²) < 4.78 is 2.01. The van der Waals surface area contributed by atoms with E-state index in [2.05, 4.69) is 21.8 Å². The minimum atomic E-state index is -0.145. The Hall–Kier alpha value is -2.67. The molecule has 1 fully saturated rings. The molecule has 0 spiro atoms. The van der Waals surface area contributed by atoms with Gasteiger partial charge in [0.15, 0.2) is 17.0 Å². The van der Waals surface area contributed by atoms with Gasteiger partial charge in [-0.25, -0.2) is 15.0 Å². The molecule has 1 aliphatic rings. The fourth-order valence-electron chi connectivity index (χ4n) is 4.00. The third-order valence-corrected chi connectivity index (χ3v) is 6.41. The normalized spacial score (nSPS) is 16.1. The molecule has 0 aliphatic carbocycles. The topological polar surface area (TPSA) is 72.9 Å². The Morgan fingerprint density at radius 1 is 0.968 bits per heavy atom. The summed E-state index contributed by atoms with van der Waals surface area (Å²) in [5.74, 6) is 1.53. The molecular weight excluding hydrogens is 431 g/mol. The number of nitrogens with zero attached hydrogens (tertiary/aromatic N) is 5. The Balaban J connectivity index is 1.73. The quantitative estimate of drug-likeness (QED) is 0.467. The fraction of sp³-hybridized carbons (Fsp3) is 0.261. The third-order valence-electron chi connectivity index (χ3n) is 5.83. The molecule has 0 unspecified atom stereocenters. The number of hydrogen-bond donors (Lipinski definition) is 1. The lowest BCUT2D eigenvalue weighted by Crippen LogP contribution is -2.48. The molecule has 6 nitrogen and oxygen atoms in total. The molecule has 8 heteroatoms. The van der Waals surface area contributed by atoms with Crippen molar-refractivity contribution in [2.45, 2.75) is 25.3 Å². The van der Waals surface area contributed by atoms with Gasteiger partial charge >= 0.3 is 0 Å². The molecule has 1 saturated heterocycles. The largest absolute Gasteiger partial charge is 0.355 e. The van der Waals surface area contributed by atoms with Crippen molar-refractivity contribution < 1.29 is 0 Å². The van der Waals surface area contributed by atoms with Gasteiger partial charge in [-0.15, -0.1) is 0 Å². The van der Waals surface area contributed by atoms with Gasteiger partial charge in [0.1, 0.15) is 12.2 Å². The summed E-state index contributed by atoms with van der Waals surface area (Å²) in [7, 11) is 0. The van der Waals surface area contributed by atoms with Crippen LogP contribution in [0.25, 0.3) is 28.2 Å². The van der Waals surface area contributed by atoms with E-state index >= 15 is 0 Å². The fourth-order valence-corrected chi connectivity index (χ4v) is 4.35. The first kappa shape index (κ1) is 20.2. The second kappa shape index (κ2) is 7.79. The maximum atomic E-state index is 6.56. The maximum Gasteiger partial charge on any atom is 0.170 e. The lowest BCUT2D eigenvalue weighted by Gasteiger charge is -2.37. The van der Waals surface area contributed by atoms with E-state index in [9.17, 15) is 0 Å². The van der Waals surface area contributed by atoms with Gasteiger partial charge in [0.05, 0.1) is 5.02 Å². The predicted octanol–water partition coefficient (Wildman–Crippen LogP) is 5.11. The van der Waals surface area contributed by atoms with Crippen LogP contribution in [0.3, 0.4) is 0 Å². The summed E-state index contributed by atoms with van der Waals surface area (Å²) >= 11 is 12.7. The van der Waals surface area contributed by atoms with E-state index in [1.165, 1.54) is 0 Å². The molecule has 2 aromatic heterocycles. The van der Waals surface area contributed by atoms with Crippen LogP contribution in [0.5, 0.6) is 0 Å². The van der Waals surface area contributed by atoms with Crippen LogP contribution in [0.15, 0.2) is 54.9 Å². The number of hydrogen-bond acceptors (Lipinski definition) is 5. The van der Waals surface area contributed by atoms with Gasteiger partial charge < -0.3 is 10.6 Å². The molecule has 3 heterocycles. The Kier molecular flexibility index (Phi) is 5.08. The number of aromatic nitrogens is 4. The molecule has 0 bridgehead atoms. The van der Waals surface area contributed by atoms with E-state index < -0.39 is 0 Å². The minimum Gasteiger partial charge on any atom is -0.355 e. The average Bonchev–Trinajstić information content (AvgIpc) is 3.14. The van der Waals surface area contributed by atoms with Crippen molar-refractivity contribution in [3.05, 3.63) is 64.9 Å². The van der Waals surface area contributed by atoms with Gasteiger partial charge in [-0.1, -0.05) is 35.3 Å². The molecular formula is C23H22Cl2N6. The van der Waals surface area contributed by atoms with Crippen LogP contribution in [-0.2, 0) is 0 Å². The number of fused-ring (bicyclic) bond motifs is 1. The molecule has 4 aromatic rings. The van der Waals surface area contributed by atoms with Crippen LogP contribution in [0.4, 0.5) is 5.82 Å². The monoisotopic (exact) mass is 452 g/mol.